The summed E-state index contributed by atoms with van der Waals surface area (Å²) in [5.74, 6) is -2.59. The van der Waals surface area contributed by atoms with Gasteiger partial charge in [-0.2, -0.15) is 8.78 Å². The maximum absolute atomic E-state index is 14.3. The second-order valence-corrected chi connectivity index (χ2v) is 6.89. The third-order valence-corrected chi connectivity index (χ3v) is 5.05. The highest BCUT2D eigenvalue weighted by Gasteiger charge is 2.44. The Labute approximate surface area is 141 Å². The lowest BCUT2D eigenvalue weighted by molar-refractivity contribution is -0.223. The highest BCUT2D eigenvalue weighted by atomic mass is 19.3. The minimum absolute atomic E-state index is 0.196. The Morgan fingerprint density at radius 2 is 1.62 bits per heavy atom. The maximum Gasteiger partial charge on any atom is 0.400 e. The Kier molecular flexibility index (Phi) is 6.53. The standard InChI is InChI=1S/C19H26F4O/c1-3-4-5-6-14-7-9-15(10-8-14)19(22,23)24-16-11-17(20)13(2)18(21)12-16/h11-12,14-15H,3-10H2,1-2H3. The molecule has 0 heterocycles. The molecule has 0 radical (unpaired) electrons. The topological polar surface area (TPSA) is 9.23 Å². The fraction of sp³-hybridized carbons (Fsp3) is 0.684. The average Bonchev–Trinajstić information content (AvgIpc) is 2.53. The minimum Gasteiger partial charge on any atom is -0.432 e. The van der Waals surface area contributed by atoms with E-state index in [2.05, 4.69) is 11.7 Å². The van der Waals surface area contributed by atoms with Gasteiger partial charge in [0.2, 0.25) is 0 Å². The molecule has 0 bridgehead atoms. The molecule has 1 aromatic rings. The predicted molar refractivity (Wildman–Crippen MR) is 86.3 cm³/mol. The first kappa shape index (κ1) is 19.1. The van der Waals surface area contributed by atoms with Crippen LogP contribution in [-0.2, 0) is 0 Å². The Morgan fingerprint density at radius 3 is 2.17 bits per heavy atom. The molecule has 1 fully saturated rings. The van der Waals surface area contributed by atoms with Gasteiger partial charge in [-0.05, 0) is 38.5 Å². The lowest BCUT2D eigenvalue weighted by atomic mass is 9.79. The summed E-state index contributed by atoms with van der Waals surface area (Å²) in [6.45, 7) is 3.40. The average molecular weight is 346 g/mol. The second-order valence-electron chi connectivity index (χ2n) is 6.89. The van der Waals surface area contributed by atoms with E-state index in [4.69, 9.17) is 0 Å². The molecular weight excluding hydrogens is 320 g/mol. The van der Waals surface area contributed by atoms with E-state index in [9.17, 15) is 17.6 Å². The fourth-order valence-electron chi connectivity index (χ4n) is 3.39. The van der Waals surface area contributed by atoms with Crippen molar-refractivity contribution >= 4 is 0 Å². The fourth-order valence-corrected chi connectivity index (χ4v) is 3.39. The van der Waals surface area contributed by atoms with E-state index in [1.165, 1.54) is 13.3 Å². The Hall–Kier alpha value is -1.26. The molecule has 2 rings (SSSR count). The van der Waals surface area contributed by atoms with Gasteiger partial charge in [0.25, 0.3) is 0 Å². The summed E-state index contributed by atoms with van der Waals surface area (Å²) < 4.78 is 60.3. The van der Waals surface area contributed by atoms with Crippen molar-refractivity contribution in [2.75, 3.05) is 0 Å². The SMILES string of the molecule is CCCCCC1CCC(C(F)(F)Oc2cc(F)c(C)c(F)c2)CC1. The second kappa shape index (κ2) is 8.21. The molecule has 0 saturated heterocycles. The van der Waals surface area contributed by atoms with Gasteiger partial charge in [-0.15, -0.1) is 0 Å². The minimum atomic E-state index is -3.40. The summed E-state index contributed by atoms with van der Waals surface area (Å²) in [6, 6.07) is 1.64. The van der Waals surface area contributed by atoms with E-state index in [-0.39, 0.29) is 5.56 Å². The Balaban J connectivity index is 1.92. The molecule has 0 aliphatic heterocycles. The van der Waals surface area contributed by atoms with Crippen molar-refractivity contribution < 1.29 is 22.3 Å². The van der Waals surface area contributed by atoms with Gasteiger partial charge in [-0.1, -0.05) is 32.6 Å². The van der Waals surface area contributed by atoms with Crippen molar-refractivity contribution in [1.29, 1.82) is 0 Å². The third-order valence-electron chi connectivity index (χ3n) is 5.05. The zero-order valence-corrected chi connectivity index (χ0v) is 14.4. The number of unbranched alkanes of at least 4 members (excludes halogenated alkanes) is 2. The summed E-state index contributed by atoms with van der Waals surface area (Å²) >= 11 is 0. The summed E-state index contributed by atoms with van der Waals surface area (Å²) in [5, 5.41) is 0. The van der Waals surface area contributed by atoms with E-state index in [0.29, 0.717) is 18.8 Å². The van der Waals surface area contributed by atoms with Crippen LogP contribution in [-0.4, -0.2) is 6.11 Å². The van der Waals surface area contributed by atoms with Crippen LogP contribution in [0.5, 0.6) is 5.75 Å². The van der Waals surface area contributed by atoms with Crippen LogP contribution in [0.4, 0.5) is 17.6 Å². The van der Waals surface area contributed by atoms with E-state index in [0.717, 1.165) is 44.2 Å². The van der Waals surface area contributed by atoms with E-state index in [1.54, 1.807) is 0 Å². The summed E-state index contributed by atoms with van der Waals surface area (Å²) in [7, 11) is 0. The Morgan fingerprint density at radius 1 is 1.04 bits per heavy atom. The molecule has 1 aromatic carbocycles. The van der Waals surface area contributed by atoms with Gasteiger partial charge in [0.05, 0.1) is 5.92 Å². The van der Waals surface area contributed by atoms with Crippen molar-refractivity contribution in [1.82, 2.24) is 0 Å². The van der Waals surface area contributed by atoms with Gasteiger partial charge >= 0.3 is 6.11 Å². The summed E-state index contributed by atoms with van der Waals surface area (Å²) in [4.78, 5) is 0. The molecule has 1 aliphatic rings. The number of ether oxygens (including phenoxy) is 1. The number of rotatable bonds is 7. The van der Waals surface area contributed by atoms with Gasteiger partial charge < -0.3 is 4.74 Å². The van der Waals surface area contributed by atoms with Crippen LogP contribution in [0.3, 0.4) is 0 Å². The third kappa shape index (κ3) is 4.87. The van der Waals surface area contributed by atoms with Gasteiger partial charge in [0, 0.05) is 17.7 Å². The normalized spacial score (nSPS) is 21.8. The van der Waals surface area contributed by atoms with Crippen molar-refractivity contribution in [2.24, 2.45) is 11.8 Å². The first-order valence-corrected chi connectivity index (χ1v) is 8.86. The van der Waals surface area contributed by atoms with Crippen LogP contribution in [0.25, 0.3) is 0 Å². The number of hydrogen-bond acceptors (Lipinski definition) is 1. The predicted octanol–water partition coefficient (Wildman–Crippen LogP) is 6.63. The molecule has 24 heavy (non-hydrogen) atoms. The zero-order chi connectivity index (χ0) is 17.7. The van der Waals surface area contributed by atoms with Crippen LogP contribution in [0.15, 0.2) is 12.1 Å². The van der Waals surface area contributed by atoms with Crippen molar-refractivity contribution in [3.8, 4) is 5.75 Å². The number of alkyl halides is 2. The molecule has 0 unspecified atom stereocenters. The number of benzene rings is 1. The molecule has 1 nitrogen and oxygen atoms in total. The zero-order valence-electron chi connectivity index (χ0n) is 14.4. The quantitative estimate of drug-likeness (QED) is 0.397. The van der Waals surface area contributed by atoms with Crippen LogP contribution in [0, 0.1) is 30.4 Å². The number of hydrogen-bond donors (Lipinski definition) is 0. The molecule has 0 N–H and O–H groups in total. The molecule has 0 aromatic heterocycles. The molecule has 1 saturated carbocycles. The van der Waals surface area contributed by atoms with E-state index >= 15 is 0 Å². The van der Waals surface area contributed by atoms with Crippen molar-refractivity contribution in [2.45, 2.75) is 71.3 Å². The highest BCUT2D eigenvalue weighted by molar-refractivity contribution is 5.30. The molecule has 0 atom stereocenters. The molecule has 0 spiro atoms. The molecular formula is C19H26F4O. The van der Waals surface area contributed by atoms with E-state index < -0.39 is 29.4 Å². The summed E-state index contributed by atoms with van der Waals surface area (Å²) in [5.41, 5.74) is -0.196. The Bertz CT molecular complexity index is 513. The molecule has 5 heteroatoms. The van der Waals surface area contributed by atoms with Crippen LogP contribution in [0.1, 0.15) is 63.9 Å². The van der Waals surface area contributed by atoms with Crippen LogP contribution in [0.2, 0.25) is 0 Å². The molecule has 0 amide bonds. The van der Waals surface area contributed by atoms with Gasteiger partial charge in [-0.3, -0.25) is 0 Å². The van der Waals surface area contributed by atoms with Gasteiger partial charge in [0.1, 0.15) is 17.4 Å². The monoisotopic (exact) mass is 346 g/mol. The smallest absolute Gasteiger partial charge is 0.400 e. The van der Waals surface area contributed by atoms with Gasteiger partial charge in [-0.25, -0.2) is 8.78 Å². The lowest BCUT2D eigenvalue weighted by Gasteiger charge is -2.33. The molecule has 1 aliphatic carbocycles. The maximum atomic E-state index is 14.3. The lowest BCUT2D eigenvalue weighted by Crippen LogP contribution is -2.37. The highest BCUT2D eigenvalue weighted by Crippen LogP contribution is 2.41. The first-order chi connectivity index (χ1) is 11.3. The van der Waals surface area contributed by atoms with Crippen molar-refractivity contribution in [3.05, 3.63) is 29.3 Å². The number of halogens is 4. The first-order valence-electron chi connectivity index (χ1n) is 8.86. The summed E-state index contributed by atoms with van der Waals surface area (Å²) in [6.07, 6.45) is 3.51. The largest absolute Gasteiger partial charge is 0.432 e. The van der Waals surface area contributed by atoms with Crippen LogP contribution >= 0.6 is 0 Å². The molecule has 136 valence electrons. The van der Waals surface area contributed by atoms with Crippen LogP contribution < -0.4 is 4.74 Å². The van der Waals surface area contributed by atoms with Gasteiger partial charge in [0.15, 0.2) is 0 Å². The van der Waals surface area contributed by atoms with E-state index in [1.807, 2.05) is 0 Å². The van der Waals surface area contributed by atoms with Crippen molar-refractivity contribution in [3.63, 3.8) is 0 Å².